The first-order valence-electron chi connectivity index (χ1n) is 12.2. The third-order valence-corrected chi connectivity index (χ3v) is 6.33. The number of amides is 2. The van der Waals surface area contributed by atoms with Crippen molar-refractivity contribution >= 4 is 23.2 Å². The van der Waals surface area contributed by atoms with Gasteiger partial charge in [-0.1, -0.05) is 5.21 Å². The summed E-state index contributed by atoms with van der Waals surface area (Å²) in [7, 11) is 0. The molecule has 11 nitrogen and oxygen atoms in total. The zero-order chi connectivity index (χ0) is 25.8. The Kier molecular flexibility index (Phi) is 7.37. The van der Waals surface area contributed by atoms with E-state index >= 15 is 0 Å². The summed E-state index contributed by atoms with van der Waals surface area (Å²) in [6.07, 6.45) is 4.94. The molecule has 2 amide bonds. The summed E-state index contributed by atoms with van der Waals surface area (Å²) in [5.41, 5.74) is 2.52. The third kappa shape index (κ3) is 5.92. The molecule has 2 saturated heterocycles. The molecule has 5 rings (SSSR count). The Morgan fingerprint density at radius 1 is 1.14 bits per heavy atom. The van der Waals surface area contributed by atoms with Crippen LogP contribution in [0.5, 0.6) is 0 Å². The lowest BCUT2D eigenvalue weighted by atomic mass is 10.1. The molecule has 0 spiro atoms. The van der Waals surface area contributed by atoms with E-state index in [0.717, 1.165) is 12.8 Å². The molecule has 2 aromatic heterocycles. The minimum absolute atomic E-state index is 0.0220. The molecule has 0 saturated carbocycles. The molecule has 2 aliphatic heterocycles. The molecular formula is C25H28FN7O4. The molecule has 194 valence electrons. The summed E-state index contributed by atoms with van der Waals surface area (Å²) >= 11 is 0. The Bertz CT molecular complexity index is 1290. The lowest BCUT2D eigenvalue weighted by Crippen LogP contribution is -2.36. The molecule has 0 bridgehead atoms. The van der Waals surface area contributed by atoms with Crippen molar-refractivity contribution in [2.75, 3.05) is 49.7 Å². The predicted octanol–water partition coefficient (Wildman–Crippen LogP) is 2.11. The van der Waals surface area contributed by atoms with Crippen LogP contribution in [0.25, 0.3) is 5.69 Å². The first-order chi connectivity index (χ1) is 18.0. The van der Waals surface area contributed by atoms with Crippen molar-refractivity contribution in [1.82, 2.24) is 25.3 Å². The second-order valence-corrected chi connectivity index (χ2v) is 8.97. The van der Waals surface area contributed by atoms with Gasteiger partial charge in [0.15, 0.2) is 5.69 Å². The van der Waals surface area contributed by atoms with Gasteiger partial charge in [-0.2, -0.15) is 0 Å². The maximum absolute atomic E-state index is 14.3. The van der Waals surface area contributed by atoms with E-state index in [1.54, 1.807) is 19.1 Å². The van der Waals surface area contributed by atoms with Crippen molar-refractivity contribution in [2.24, 2.45) is 0 Å². The number of ether oxygens (including phenoxy) is 2. The summed E-state index contributed by atoms with van der Waals surface area (Å²) in [4.78, 5) is 31.8. The summed E-state index contributed by atoms with van der Waals surface area (Å²) in [6, 6.07) is 5.93. The van der Waals surface area contributed by atoms with E-state index in [1.165, 1.54) is 29.2 Å². The molecule has 0 radical (unpaired) electrons. The minimum Gasteiger partial charge on any atom is -0.378 e. The quantitative estimate of drug-likeness (QED) is 0.497. The van der Waals surface area contributed by atoms with Crippen LogP contribution in [0.3, 0.4) is 0 Å². The van der Waals surface area contributed by atoms with Gasteiger partial charge in [-0.15, -0.1) is 5.10 Å². The highest BCUT2D eigenvalue weighted by Gasteiger charge is 2.19. The Hall–Kier alpha value is -3.90. The van der Waals surface area contributed by atoms with Crippen molar-refractivity contribution in [3.05, 3.63) is 59.4 Å². The number of anilines is 2. The van der Waals surface area contributed by atoms with Crippen molar-refractivity contribution in [1.29, 1.82) is 0 Å². The van der Waals surface area contributed by atoms with Gasteiger partial charge in [-0.05, 0) is 44.0 Å². The first kappa shape index (κ1) is 24.8. The number of rotatable bonds is 7. The Morgan fingerprint density at radius 3 is 2.76 bits per heavy atom. The fourth-order valence-electron chi connectivity index (χ4n) is 4.32. The van der Waals surface area contributed by atoms with Gasteiger partial charge >= 0.3 is 0 Å². The molecule has 4 heterocycles. The maximum Gasteiger partial charge on any atom is 0.273 e. The number of halogens is 1. The molecule has 3 aromatic rings. The van der Waals surface area contributed by atoms with Crippen LogP contribution in [0, 0.1) is 12.7 Å². The van der Waals surface area contributed by atoms with Crippen LogP contribution < -0.4 is 15.5 Å². The van der Waals surface area contributed by atoms with Gasteiger partial charge in [0.05, 0.1) is 48.8 Å². The fourth-order valence-corrected chi connectivity index (χ4v) is 4.32. The number of benzene rings is 1. The average molecular weight is 510 g/mol. The Morgan fingerprint density at radius 2 is 1.97 bits per heavy atom. The van der Waals surface area contributed by atoms with Crippen LogP contribution in [-0.4, -0.2) is 77.4 Å². The molecular weight excluding hydrogens is 481 g/mol. The van der Waals surface area contributed by atoms with Crippen LogP contribution in [0.15, 0.2) is 36.7 Å². The van der Waals surface area contributed by atoms with E-state index in [-0.39, 0.29) is 23.3 Å². The van der Waals surface area contributed by atoms with E-state index in [1.807, 2.05) is 4.90 Å². The van der Waals surface area contributed by atoms with Crippen molar-refractivity contribution in [3.8, 4) is 5.69 Å². The zero-order valence-electron chi connectivity index (χ0n) is 20.4. The minimum atomic E-state index is -0.496. The largest absolute Gasteiger partial charge is 0.378 e. The predicted molar refractivity (Wildman–Crippen MR) is 133 cm³/mol. The van der Waals surface area contributed by atoms with Gasteiger partial charge < -0.3 is 25.0 Å². The van der Waals surface area contributed by atoms with Crippen LogP contribution in [0.2, 0.25) is 0 Å². The number of pyridine rings is 1. The monoisotopic (exact) mass is 509 g/mol. The number of hydrogen-bond acceptors (Lipinski definition) is 8. The molecule has 12 heteroatoms. The van der Waals surface area contributed by atoms with Crippen LogP contribution in [0.4, 0.5) is 15.8 Å². The van der Waals surface area contributed by atoms with Crippen LogP contribution in [0.1, 0.15) is 39.4 Å². The SMILES string of the molecule is Cc1ncc(NC(=O)c2cc(F)cc(N3CCOCC3)c2)cc1-n1cc(C(=O)NCC2CCCO2)nn1. The molecule has 37 heavy (non-hydrogen) atoms. The molecule has 1 atom stereocenters. The molecule has 2 N–H and O–H groups in total. The summed E-state index contributed by atoms with van der Waals surface area (Å²) < 4.78 is 26.6. The van der Waals surface area contributed by atoms with Gasteiger partial charge in [0.1, 0.15) is 5.82 Å². The van der Waals surface area contributed by atoms with E-state index in [4.69, 9.17) is 9.47 Å². The number of carbonyl (C=O) groups excluding carboxylic acids is 2. The van der Waals surface area contributed by atoms with Crippen molar-refractivity contribution in [2.45, 2.75) is 25.9 Å². The highest BCUT2D eigenvalue weighted by atomic mass is 19.1. The topological polar surface area (TPSA) is 124 Å². The first-order valence-corrected chi connectivity index (χ1v) is 12.2. The molecule has 2 fully saturated rings. The number of aryl methyl sites for hydroxylation is 1. The van der Waals surface area contributed by atoms with Gasteiger partial charge in [0.25, 0.3) is 11.8 Å². The van der Waals surface area contributed by atoms with E-state index < -0.39 is 11.7 Å². The lowest BCUT2D eigenvalue weighted by molar-refractivity contribution is 0.0853. The summed E-state index contributed by atoms with van der Waals surface area (Å²) in [5.74, 6) is -1.32. The summed E-state index contributed by atoms with van der Waals surface area (Å²) in [5, 5.41) is 13.6. The number of nitrogens with zero attached hydrogens (tertiary/aromatic N) is 5. The van der Waals surface area contributed by atoms with Crippen LogP contribution in [-0.2, 0) is 9.47 Å². The van der Waals surface area contributed by atoms with Crippen LogP contribution >= 0.6 is 0 Å². The third-order valence-electron chi connectivity index (χ3n) is 6.33. The molecule has 0 aliphatic carbocycles. The van der Waals surface area contributed by atoms with Gasteiger partial charge in [-0.3, -0.25) is 14.6 Å². The van der Waals surface area contributed by atoms with Gasteiger partial charge in [0, 0.05) is 37.5 Å². The maximum atomic E-state index is 14.3. The number of nitrogens with one attached hydrogen (secondary N) is 2. The number of aromatic nitrogens is 4. The standard InChI is InChI=1S/C25H28FN7O4/c1-16-23(33-15-22(30-31-33)25(35)28-14-21-3-2-6-37-21)12-19(13-27-16)29-24(34)17-9-18(26)11-20(10-17)32-4-7-36-8-5-32/h9-13,15,21H,2-8,14H2,1H3,(H,28,35)(H,29,34). The fraction of sp³-hybridized carbons (Fsp3) is 0.400. The van der Waals surface area contributed by atoms with Gasteiger partial charge in [-0.25, -0.2) is 9.07 Å². The highest BCUT2D eigenvalue weighted by molar-refractivity contribution is 6.05. The second-order valence-electron chi connectivity index (χ2n) is 8.97. The molecule has 1 unspecified atom stereocenters. The van der Waals surface area contributed by atoms with Crippen molar-refractivity contribution < 1.29 is 23.5 Å². The number of hydrogen-bond donors (Lipinski definition) is 2. The number of carbonyl (C=O) groups is 2. The normalized spacial score (nSPS) is 17.6. The van der Waals surface area contributed by atoms with E-state index in [0.29, 0.717) is 62.2 Å². The second kappa shape index (κ2) is 11.0. The highest BCUT2D eigenvalue weighted by Crippen LogP contribution is 2.22. The Labute approximate surface area is 213 Å². The lowest BCUT2D eigenvalue weighted by Gasteiger charge is -2.29. The Balaban J connectivity index is 1.29. The zero-order valence-corrected chi connectivity index (χ0v) is 20.4. The smallest absolute Gasteiger partial charge is 0.273 e. The van der Waals surface area contributed by atoms with E-state index in [2.05, 4.69) is 25.9 Å². The summed E-state index contributed by atoms with van der Waals surface area (Å²) in [6.45, 7) is 5.27. The van der Waals surface area contributed by atoms with E-state index in [9.17, 15) is 14.0 Å². The average Bonchev–Trinajstić information content (AvgIpc) is 3.61. The molecule has 1 aromatic carbocycles. The van der Waals surface area contributed by atoms with Crippen molar-refractivity contribution in [3.63, 3.8) is 0 Å². The molecule has 2 aliphatic rings. The van der Waals surface area contributed by atoms with Gasteiger partial charge in [0.2, 0.25) is 0 Å². The number of morpholine rings is 1.